The van der Waals surface area contributed by atoms with Crippen molar-refractivity contribution in [3.8, 4) is 0 Å². The molecule has 1 fully saturated rings. The number of carbonyl (C=O) groups is 1. The molecule has 74 valence electrons. The Labute approximate surface area is 77.5 Å². The van der Waals surface area contributed by atoms with E-state index in [0.29, 0.717) is 19.6 Å². The van der Waals surface area contributed by atoms with Crippen LogP contribution in [0, 0.1) is 0 Å². The van der Waals surface area contributed by atoms with Gasteiger partial charge in [0.1, 0.15) is 0 Å². The topological polar surface area (TPSA) is 44.8 Å². The fourth-order valence-electron chi connectivity index (χ4n) is 1.11. The quantitative estimate of drug-likeness (QED) is 0.484. The third-order valence-electron chi connectivity index (χ3n) is 1.84. The van der Waals surface area contributed by atoms with Gasteiger partial charge < -0.3 is 14.2 Å². The maximum atomic E-state index is 10.7. The Balaban J connectivity index is 2.32. The first-order valence-electron chi connectivity index (χ1n) is 4.19. The molecule has 1 aliphatic heterocycles. The highest BCUT2D eigenvalue weighted by Gasteiger charge is 2.29. The van der Waals surface area contributed by atoms with Gasteiger partial charge in [-0.1, -0.05) is 6.08 Å². The van der Waals surface area contributed by atoms with E-state index in [1.54, 1.807) is 6.08 Å². The molecule has 0 aromatic heterocycles. The number of esters is 1. The smallest absolute Gasteiger partial charge is 0.330 e. The molecule has 0 unspecified atom stereocenters. The molecule has 0 N–H and O–H groups in total. The number of methoxy groups -OCH3 is 1. The maximum absolute atomic E-state index is 10.7. The van der Waals surface area contributed by atoms with Gasteiger partial charge in [0.05, 0.1) is 20.3 Å². The van der Waals surface area contributed by atoms with Crippen LogP contribution in [0.2, 0.25) is 0 Å². The van der Waals surface area contributed by atoms with E-state index in [1.807, 2.05) is 6.92 Å². The Bertz CT molecular complexity index is 204. The first-order chi connectivity index (χ1) is 6.16. The molecule has 4 heteroatoms. The molecule has 1 rings (SSSR count). The summed E-state index contributed by atoms with van der Waals surface area (Å²) in [5, 5.41) is 0. The molecule has 0 spiro atoms. The molecular formula is C9H14O4. The van der Waals surface area contributed by atoms with E-state index in [9.17, 15) is 4.79 Å². The summed E-state index contributed by atoms with van der Waals surface area (Å²) < 4.78 is 15.1. The molecular weight excluding hydrogens is 172 g/mol. The molecule has 0 atom stereocenters. The van der Waals surface area contributed by atoms with Crippen molar-refractivity contribution in [2.24, 2.45) is 0 Å². The fraction of sp³-hybridized carbons (Fsp3) is 0.667. The molecule has 1 saturated heterocycles. The summed E-state index contributed by atoms with van der Waals surface area (Å²) >= 11 is 0. The Hall–Kier alpha value is -0.870. The molecule has 4 nitrogen and oxygen atoms in total. The Morgan fingerprint density at radius 2 is 2.15 bits per heavy atom. The van der Waals surface area contributed by atoms with Gasteiger partial charge in [-0.25, -0.2) is 4.79 Å². The second kappa shape index (κ2) is 4.39. The van der Waals surface area contributed by atoms with Crippen molar-refractivity contribution in [3.63, 3.8) is 0 Å². The van der Waals surface area contributed by atoms with Crippen LogP contribution in [-0.2, 0) is 19.0 Å². The van der Waals surface area contributed by atoms with Crippen LogP contribution in [0.5, 0.6) is 0 Å². The number of carbonyl (C=O) groups excluding carboxylic acids is 1. The van der Waals surface area contributed by atoms with Crippen molar-refractivity contribution in [2.45, 2.75) is 19.1 Å². The number of hydrogen-bond acceptors (Lipinski definition) is 4. The van der Waals surface area contributed by atoms with Crippen LogP contribution >= 0.6 is 0 Å². The van der Waals surface area contributed by atoms with Gasteiger partial charge in [-0.05, 0) is 6.92 Å². The molecule has 13 heavy (non-hydrogen) atoms. The van der Waals surface area contributed by atoms with Crippen LogP contribution in [0.3, 0.4) is 0 Å². The summed E-state index contributed by atoms with van der Waals surface area (Å²) in [7, 11) is 1.34. The SMILES string of the molecule is COC(=O)C=CCC1(C)OCCO1. The Morgan fingerprint density at radius 1 is 1.54 bits per heavy atom. The van der Waals surface area contributed by atoms with E-state index in [0.717, 1.165) is 0 Å². The van der Waals surface area contributed by atoms with Crippen LogP contribution in [0.15, 0.2) is 12.2 Å². The summed E-state index contributed by atoms with van der Waals surface area (Å²) in [4.78, 5) is 10.7. The lowest BCUT2D eigenvalue weighted by atomic mass is 10.2. The van der Waals surface area contributed by atoms with Gasteiger partial charge in [-0.3, -0.25) is 0 Å². The third-order valence-corrected chi connectivity index (χ3v) is 1.84. The molecule has 0 saturated carbocycles. The first kappa shape index (κ1) is 10.2. The minimum Gasteiger partial charge on any atom is -0.466 e. The van der Waals surface area contributed by atoms with E-state index in [1.165, 1.54) is 13.2 Å². The zero-order chi connectivity index (χ0) is 9.73. The zero-order valence-electron chi connectivity index (χ0n) is 7.91. The second-order valence-electron chi connectivity index (χ2n) is 2.96. The first-order valence-corrected chi connectivity index (χ1v) is 4.19. The molecule has 1 aliphatic rings. The van der Waals surface area contributed by atoms with Crippen molar-refractivity contribution in [1.82, 2.24) is 0 Å². The van der Waals surface area contributed by atoms with Gasteiger partial charge in [0.2, 0.25) is 0 Å². The van der Waals surface area contributed by atoms with E-state index < -0.39 is 5.79 Å². The fourth-order valence-corrected chi connectivity index (χ4v) is 1.11. The van der Waals surface area contributed by atoms with Crippen LogP contribution in [0.1, 0.15) is 13.3 Å². The van der Waals surface area contributed by atoms with Crippen LogP contribution in [0.25, 0.3) is 0 Å². The van der Waals surface area contributed by atoms with Crippen LogP contribution in [-0.4, -0.2) is 32.1 Å². The zero-order valence-corrected chi connectivity index (χ0v) is 7.91. The lowest BCUT2D eigenvalue weighted by Crippen LogP contribution is -2.24. The summed E-state index contributed by atoms with van der Waals surface area (Å²) in [6, 6.07) is 0. The molecule has 0 aliphatic carbocycles. The monoisotopic (exact) mass is 186 g/mol. The predicted octanol–water partition coefficient (Wildman–Crippen LogP) is 0.869. The van der Waals surface area contributed by atoms with Crippen molar-refractivity contribution in [1.29, 1.82) is 0 Å². The number of rotatable bonds is 3. The van der Waals surface area contributed by atoms with Gasteiger partial charge in [-0.15, -0.1) is 0 Å². The molecule has 0 bridgehead atoms. The molecule has 0 radical (unpaired) electrons. The summed E-state index contributed by atoms with van der Waals surface area (Å²) in [6.07, 6.45) is 3.62. The average molecular weight is 186 g/mol. The second-order valence-corrected chi connectivity index (χ2v) is 2.96. The van der Waals surface area contributed by atoms with Gasteiger partial charge in [-0.2, -0.15) is 0 Å². The average Bonchev–Trinajstić information content (AvgIpc) is 2.52. The van der Waals surface area contributed by atoms with Gasteiger partial charge in [0, 0.05) is 12.5 Å². The standard InChI is InChI=1S/C9H14O4/c1-9(12-6-7-13-9)5-3-4-8(10)11-2/h3-4H,5-7H2,1-2H3. The van der Waals surface area contributed by atoms with Crippen molar-refractivity contribution in [2.75, 3.05) is 20.3 Å². The highest BCUT2D eigenvalue weighted by molar-refractivity contribution is 5.81. The normalized spacial score (nSPS) is 20.8. The van der Waals surface area contributed by atoms with Crippen molar-refractivity contribution >= 4 is 5.97 Å². The van der Waals surface area contributed by atoms with Crippen molar-refractivity contribution < 1.29 is 19.0 Å². The third kappa shape index (κ3) is 3.16. The van der Waals surface area contributed by atoms with Gasteiger partial charge in [0.15, 0.2) is 5.79 Å². The molecule has 0 aromatic rings. The van der Waals surface area contributed by atoms with E-state index in [2.05, 4.69) is 4.74 Å². The Kier molecular flexibility index (Phi) is 3.45. The van der Waals surface area contributed by atoms with E-state index in [4.69, 9.17) is 9.47 Å². The van der Waals surface area contributed by atoms with Crippen LogP contribution in [0.4, 0.5) is 0 Å². The van der Waals surface area contributed by atoms with Crippen LogP contribution < -0.4 is 0 Å². The van der Waals surface area contributed by atoms with Gasteiger partial charge in [0.25, 0.3) is 0 Å². The summed E-state index contributed by atoms with van der Waals surface area (Å²) in [5.41, 5.74) is 0. The highest BCUT2D eigenvalue weighted by atomic mass is 16.7. The lowest BCUT2D eigenvalue weighted by molar-refractivity contribution is -0.139. The lowest BCUT2D eigenvalue weighted by Gasteiger charge is -2.19. The summed E-state index contributed by atoms with van der Waals surface area (Å²) in [6.45, 7) is 3.08. The predicted molar refractivity (Wildman–Crippen MR) is 46.1 cm³/mol. The minimum atomic E-state index is -0.565. The number of ether oxygens (including phenoxy) is 3. The van der Waals surface area contributed by atoms with Crippen molar-refractivity contribution in [3.05, 3.63) is 12.2 Å². The minimum absolute atomic E-state index is 0.360. The molecule has 0 amide bonds. The Morgan fingerprint density at radius 3 is 2.69 bits per heavy atom. The number of hydrogen-bond donors (Lipinski definition) is 0. The molecule has 0 aromatic carbocycles. The largest absolute Gasteiger partial charge is 0.466 e. The van der Waals surface area contributed by atoms with E-state index in [-0.39, 0.29) is 5.97 Å². The van der Waals surface area contributed by atoms with Gasteiger partial charge >= 0.3 is 5.97 Å². The maximum Gasteiger partial charge on any atom is 0.330 e. The highest BCUT2D eigenvalue weighted by Crippen LogP contribution is 2.22. The molecule has 1 heterocycles. The van der Waals surface area contributed by atoms with E-state index >= 15 is 0 Å². The summed E-state index contributed by atoms with van der Waals surface area (Å²) in [5.74, 6) is -0.925.